The highest BCUT2D eigenvalue weighted by Gasteiger charge is 2.47. The fourth-order valence-corrected chi connectivity index (χ4v) is 1.98. The molecule has 1 aromatic rings. The molecule has 0 saturated heterocycles. The molecular formula is C13H17NO2. The average molecular weight is 219 g/mol. The Labute approximate surface area is 95.5 Å². The summed E-state index contributed by atoms with van der Waals surface area (Å²) in [6.45, 7) is 3.76. The first kappa shape index (κ1) is 11.0. The average Bonchev–Trinajstić information content (AvgIpc) is 3.04. The van der Waals surface area contributed by atoms with Crippen molar-refractivity contribution in [3.05, 3.63) is 29.8 Å². The summed E-state index contributed by atoms with van der Waals surface area (Å²) in [5.41, 5.74) is 1.17. The van der Waals surface area contributed by atoms with E-state index in [0.29, 0.717) is 0 Å². The third-order valence-corrected chi connectivity index (χ3v) is 3.38. The van der Waals surface area contributed by atoms with Crippen molar-refractivity contribution in [1.29, 1.82) is 0 Å². The monoisotopic (exact) mass is 219 g/mol. The van der Waals surface area contributed by atoms with Gasteiger partial charge in [0, 0.05) is 5.69 Å². The van der Waals surface area contributed by atoms with Crippen LogP contribution in [0, 0.1) is 12.8 Å². The van der Waals surface area contributed by atoms with Gasteiger partial charge in [-0.05, 0) is 44.2 Å². The Hall–Kier alpha value is -1.51. The number of benzene rings is 1. The molecule has 0 bridgehead atoms. The van der Waals surface area contributed by atoms with Gasteiger partial charge < -0.3 is 10.4 Å². The van der Waals surface area contributed by atoms with Crippen LogP contribution in [0.25, 0.3) is 0 Å². The van der Waals surface area contributed by atoms with Gasteiger partial charge in [0.15, 0.2) is 0 Å². The molecule has 2 rings (SSSR count). The maximum Gasteiger partial charge on any atom is 0.329 e. The molecule has 3 heteroatoms. The van der Waals surface area contributed by atoms with Crippen LogP contribution in [0.4, 0.5) is 5.69 Å². The van der Waals surface area contributed by atoms with E-state index < -0.39 is 11.5 Å². The van der Waals surface area contributed by atoms with Gasteiger partial charge in [0.2, 0.25) is 0 Å². The van der Waals surface area contributed by atoms with Crippen molar-refractivity contribution in [2.24, 2.45) is 5.92 Å². The molecule has 0 aliphatic heterocycles. The highest BCUT2D eigenvalue weighted by Crippen LogP contribution is 2.41. The molecule has 0 spiro atoms. The van der Waals surface area contributed by atoms with Crippen molar-refractivity contribution < 1.29 is 9.90 Å². The van der Waals surface area contributed by atoms with Crippen LogP contribution < -0.4 is 5.32 Å². The number of nitrogens with one attached hydrogen (secondary N) is 1. The zero-order valence-electron chi connectivity index (χ0n) is 9.66. The van der Waals surface area contributed by atoms with Gasteiger partial charge in [0.25, 0.3) is 0 Å². The summed E-state index contributed by atoms with van der Waals surface area (Å²) in [6.07, 6.45) is 2.00. The fourth-order valence-electron chi connectivity index (χ4n) is 1.98. The van der Waals surface area contributed by atoms with Crippen LogP contribution in [-0.2, 0) is 4.79 Å². The summed E-state index contributed by atoms with van der Waals surface area (Å²) in [5.74, 6) is -0.511. The second kappa shape index (κ2) is 3.81. The predicted molar refractivity (Wildman–Crippen MR) is 63.6 cm³/mol. The van der Waals surface area contributed by atoms with E-state index >= 15 is 0 Å². The first-order valence-corrected chi connectivity index (χ1v) is 5.61. The third kappa shape index (κ3) is 1.90. The molecule has 1 aliphatic carbocycles. The Morgan fingerprint density at radius 2 is 2.06 bits per heavy atom. The molecule has 1 unspecified atom stereocenters. The molecule has 86 valence electrons. The summed E-state index contributed by atoms with van der Waals surface area (Å²) in [4.78, 5) is 11.4. The van der Waals surface area contributed by atoms with Gasteiger partial charge in [-0.25, -0.2) is 4.79 Å². The normalized spacial score (nSPS) is 18.9. The molecule has 0 radical (unpaired) electrons. The Morgan fingerprint density at radius 1 is 1.44 bits per heavy atom. The van der Waals surface area contributed by atoms with Crippen LogP contribution in [0.1, 0.15) is 25.3 Å². The van der Waals surface area contributed by atoms with Crippen LogP contribution in [0.2, 0.25) is 0 Å². The van der Waals surface area contributed by atoms with Gasteiger partial charge in [-0.1, -0.05) is 18.2 Å². The quantitative estimate of drug-likeness (QED) is 0.818. The van der Waals surface area contributed by atoms with Crippen LogP contribution in [0.3, 0.4) is 0 Å². The van der Waals surface area contributed by atoms with Crippen molar-refractivity contribution >= 4 is 11.7 Å². The lowest BCUT2D eigenvalue weighted by molar-refractivity contribution is -0.142. The lowest BCUT2D eigenvalue weighted by atomic mass is 9.95. The largest absolute Gasteiger partial charge is 0.480 e. The van der Waals surface area contributed by atoms with E-state index in [1.54, 1.807) is 6.92 Å². The number of carboxylic acids is 1. The molecule has 1 aliphatic rings. The van der Waals surface area contributed by atoms with Crippen LogP contribution in [-0.4, -0.2) is 16.6 Å². The Bertz CT molecular complexity index is 412. The number of anilines is 1. The molecule has 0 amide bonds. The van der Waals surface area contributed by atoms with Gasteiger partial charge in [-0.3, -0.25) is 0 Å². The van der Waals surface area contributed by atoms with Crippen molar-refractivity contribution in [3.63, 3.8) is 0 Å². The SMILES string of the molecule is Cc1ccccc1NC(C)(C(=O)O)C1CC1. The number of hydrogen-bond acceptors (Lipinski definition) is 2. The minimum absolute atomic E-state index is 0.254. The van der Waals surface area contributed by atoms with E-state index in [9.17, 15) is 9.90 Å². The Kier molecular flexibility index (Phi) is 2.62. The van der Waals surface area contributed by atoms with Gasteiger partial charge in [-0.2, -0.15) is 0 Å². The highest BCUT2D eigenvalue weighted by atomic mass is 16.4. The summed E-state index contributed by atoms with van der Waals surface area (Å²) in [6, 6.07) is 7.79. The molecule has 0 aromatic heterocycles. The molecule has 1 aromatic carbocycles. The minimum atomic E-state index is -0.827. The van der Waals surface area contributed by atoms with E-state index in [-0.39, 0.29) is 5.92 Å². The maximum atomic E-state index is 11.4. The number of rotatable bonds is 4. The number of carboxylic acid groups (broad SMARTS) is 1. The summed E-state index contributed by atoms with van der Waals surface area (Å²) < 4.78 is 0. The summed E-state index contributed by atoms with van der Waals surface area (Å²) >= 11 is 0. The zero-order chi connectivity index (χ0) is 11.8. The van der Waals surface area contributed by atoms with Crippen molar-refractivity contribution in [2.45, 2.75) is 32.2 Å². The Balaban J connectivity index is 2.24. The first-order valence-electron chi connectivity index (χ1n) is 5.61. The molecule has 1 fully saturated rings. The van der Waals surface area contributed by atoms with Gasteiger partial charge >= 0.3 is 5.97 Å². The minimum Gasteiger partial charge on any atom is -0.480 e. The lowest BCUT2D eigenvalue weighted by Crippen LogP contribution is -2.45. The van der Waals surface area contributed by atoms with Gasteiger partial charge in [0.1, 0.15) is 5.54 Å². The zero-order valence-corrected chi connectivity index (χ0v) is 9.66. The molecular weight excluding hydrogens is 202 g/mol. The van der Waals surface area contributed by atoms with Crippen molar-refractivity contribution in [1.82, 2.24) is 0 Å². The Morgan fingerprint density at radius 3 is 2.56 bits per heavy atom. The van der Waals surface area contributed by atoms with Crippen molar-refractivity contribution in [2.75, 3.05) is 5.32 Å². The smallest absolute Gasteiger partial charge is 0.329 e. The predicted octanol–water partition coefficient (Wildman–Crippen LogP) is 2.66. The molecule has 1 saturated carbocycles. The van der Waals surface area contributed by atoms with Crippen LogP contribution >= 0.6 is 0 Å². The van der Waals surface area contributed by atoms with E-state index in [4.69, 9.17) is 0 Å². The second-order valence-corrected chi connectivity index (χ2v) is 4.72. The van der Waals surface area contributed by atoms with Gasteiger partial charge in [0.05, 0.1) is 0 Å². The van der Waals surface area contributed by atoms with E-state index in [2.05, 4.69) is 5.32 Å². The van der Waals surface area contributed by atoms with E-state index in [0.717, 1.165) is 24.1 Å². The van der Waals surface area contributed by atoms with E-state index in [1.807, 2.05) is 31.2 Å². The molecule has 3 nitrogen and oxygen atoms in total. The fraction of sp³-hybridized carbons (Fsp3) is 0.462. The first-order chi connectivity index (χ1) is 7.54. The number of hydrogen-bond donors (Lipinski definition) is 2. The van der Waals surface area contributed by atoms with E-state index in [1.165, 1.54) is 0 Å². The van der Waals surface area contributed by atoms with Crippen molar-refractivity contribution in [3.8, 4) is 0 Å². The number of para-hydroxylation sites is 1. The molecule has 2 N–H and O–H groups in total. The van der Waals surface area contributed by atoms with Crippen LogP contribution in [0.15, 0.2) is 24.3 Å². The second-order valence-electron chi connectivity index (χ2n) is 4.72. The molecule has 0 heterocycles. The number of carbonyl (C=O) groups is 1. The number of aliphatic carboxylic acids is 1. The molecule has 1 atom stereocenters. The highest BCUT2D eigenvalue weighted by molar-refractivity contribution is 5.83. The van der Waals surface area contributed by atoms with Crippen LogP contribution in [0.5, 0.6) is 0 Å². The summed E-state index contributed by atoms with van der Waals surface area (Å²) in [7, 11) is 0. The lowest BCUT2D eigenvalue weighted by Gasteiger charge is -2.28. The third-order valence-electron chi connectivity index (χ3n) is 3.38. The maximum absolute atomic E-state index is 11.4. The standard InChI is InChI=1S/C13H17NO2/c1-9-5-3-4-6-11(9)14-13(2,12(15)16)10-7-8-10/h3-6,10,14H,7-8H2,1-2H3,(H,15,16). The molecule has 16 heavy (non-hydrogen) atoms. The summed E-state index contributed by atoms with van der Waals surface area (Å²) in [5, 5.41) is 12.5. The van der Waals surface area contributed by atoms with Gasteiger partial charge in [-0.15, -0.1) is 0 Å². The number of aryl methyl sites for hydroxylation is 1. The topological polar surface area (TPSA) is 49.3 Å².